The lowest BCUT2D eigenvalue weighted by Crippen LogP contribution is -2.37. The first kappa shape index (κ1) is 9.66. The number of para-hydroxylation sites is 2. The van der Waals surface area contributed by atoms with Gasteiger partial charge in [0.15, 0.2) is 0 Å². The second-order valence-electron chi connectivity index (χ2n) is 4.55. The quantitative estimate of drug-likeness (QED) is 0.732. The maximum atomic E-state index is 11.9. The summed E-state index contributed by atoms with van der Waals surface area (Å²) >= 11 is 0. The van der Waals surface area contributed by atoms with Crippen molar-refractivity contribution in [2.45, 2.75) is 31.3 Å². The Balaban J connectivity index is 1.91. The van der Waals surface area contributed by atoms with Gasteiger partial charge in [-0.15, -0.1) is 0 Å². The molecule has 0 atom stereocenters. The van der Waals surface area contributed by atoms with Crippen LogP contribution in [-0.4, -0.2) is 11.5 Å². The summed E-state index contributed by atoms with van der Waals surface area (Å²) in [6, 6.07) is 7.29. The second-order valence-corrected chi connectivity index (χ2v) is 4.55. The van der Waals surface area contributed by atoms with E-state index >= 15 is 0 Å². The fourth-order valence-corrected chi connectivity index (χ4v) is 2.32. The number of hydrogen-bond acceptors (Lipinski definition) is 3. The summed E-state index contributed by atoms with van der Waals surface area (Å²) < 4.78 is 0. The first-order chi connectivity index (χ1) is 7.70. The van der Waals surface area contributed by atoms with Gasteiger partial charge in [0.2, 0.25) is 0 Å². The molecule has 1 aromatic carbocycles. The molecule has 1 saturated heterocycles. The van der Waals surface area contributed by atoms with Crippen molar-refractivity contribution in [3.05, 3.63) is 24.3 Å². The molecule has 2 aliphatic rings. The normalized spacial score (nSPS) is 22.5. The van der Waals surface area contributed by atoms with E-state index in [1.807, 2.05) is 18.2 Å². The number of amides is 1. The van der Waals surface area contributed by atoms with Gasteiger partial charge < -0.3 is 5.73 Å². The highest BCUT2D eigenvalue weighted by atomic mass is 16.7. The van der Waals surface area contributed by atoms with E-state index in [1.54, 1.807) is 6.07 Å². The molecular formula is C12H14N2O2. The molecule has 0 bridgehead atoms. The number of nitrogens with zero attached hydrogens (tertiary/aromatic N) is 1. The van der Waals surface area contributed by atoms with E-state index in [9.17, 15) is 4.79 Å². The monoisotopic (exact) mass is 218 g/mol. The summed E-state index contributed by atoms with van der Waals surface area (Å²) in [5.41, 5.74) is 6.85. The van der Waals surface area contributed by atoms with Gasteiger partial charge in [-0.05, 0) is 31.4 Å². The van der Waals surface area contributed by atoms with Crippen molar-refractivity contribution in [3.8, 4) is 0 Å². The van der Waals surface area contributed by atoms with Crippen molar-refractivity contribution in [2.75, 3.05) is 10.8 Å². The van der Waals surface area contributed by atoms with Gasteiger partial charge in [0.05, 0.1) is 17.8 Å². The summed E-state index contributed by atoms with van der Waals surface area (Å²) in [5.74, 6) is 0.0117. The summed E-state index contributed by atoms with van der Waals surface area (Å²) in [5, 5.41) is 1.37. The Bertz CT molecular complexity index is 440. The Morgan fingerprint density at radius 3 is 2.62 bits per heavy atom. The number of hydroxylamine groups is 1. The van der Waals surface area contributed by atoms with E-state index < -0.39 is 0 Å². The van der Waals surface area contributed by atoms with Gasteiger partial charge >= 0.3 is 0 Å². The lowest BCUT2D eigenvalue weighted by atomic mass is 9.78. The van der Waals surface area contributed by atoms with E-state index in [1.165, 1.54) is 5.06 Å². The zero-order valence-corrected chi connectivity index (χ0v) is 8.98. The minimum atomic E-state index is -0.223. The molecule has 1 saturated carbocycles. The molecule has 4 heteroatoms. The molecule has 0 radical (unpaired) electrons. The maximum absolute atomic E-state index is 11.9. The molecule has 0 unspecified atom stereocenters. The molecule has 1 aromatic rings. The van der Waals surface area contributed by atoms with Gasteiger partial charge in [-0.25, -0.2) is 0 Å². The summed E-state index contributed by atoms with van der Waals surface area (Å²) in [6.07, 6.45) is 3.58. The molecule has 2 fully saturated rings. The number of carbonyl (C=O) groups is 1. The summed E-state index contributed by atoms with van der Waals surface area (Å²) in [6.45, 7) is 0. The first-order valence-corrected chi connectivity index (χ1v) is 5.57. The summed E-state index contributed by atoms with van der Waals surface area (Å²) in [7, 11) is 0. The van der Waals surface area contributed by atoms with Crippen LogP contribution in [0.2, 0.25) is 0 Å². The average molecular weight is 218 g/mol. The topological polar surface area (TPSA) is 55.6 Å². The predicted molar refractivity (Wildman–Crippen MR) is 60.6 cm³/mol. The molecule has 0 aromatic heterocycles. The van der Waals surface area contributed by atoms with E-state index in [-0.39, 0.29) is 11.5 Å². The van der Waals surface area contributed by atoms with Crippen molar-refractivity contribution in [1.29, 1.82) is 0 Å². The number of nitrogens with two attached hydrogens (primary N) is 1. The van der Waals surface area contributed by atoms with Crippen LogP contribution in [-0.2, 0) is 9.63 Å². The van der Waals surface area contributed by atoms with Crippen LogP contribution < -0.4 is 10.8 Å². The van der Waals surface area contributed by atoms with Gasteiger partial charge in [-0.2, -0.15) is 5.06 Å². The molecule has 1 heterocycles. The molecule has 84 valence electrons. The van der Waals surface area contributed by atoms with Crippen LogP contribution in [0.4, 0.5) is 11.4 Å². The third-order valence-corrected chi connectivity index (χ3v) is 3.41. The van der Waals surface area contributed by atoms with E-state index in [2.05, 4.69) is 0 Å². The Kier molecular flexibility index (Phi) is 1.94. The minimum Gasteiger partial charge on any atom is -0.397 e. The second kappa shape index (κ2) is 3.22. The largest absolute Gasteiger partial charge is 0.397 e. The fraction of sp³-hybridized carbons (Fsp3) is 0.417. The standard InChI is InChI=1S/C12H14N2O2/c13-9-4-1-2-5-10(9)14-11(15)8-12(16-14)6-3-7-12/h1-2,4-5H,3,6-8,13H2. The van der Waals surface area contributed by atoms with E-state index in [4.69, 9.17) is 10.6 Å². The van der Waals surface area contributed by atoms with Crippen LogP contribution in [0.5, 0.6) is 0 Å². The highest BCUT2D eigenvalue weighted by Gasteiger charge is 2.49. The average Bonchev–Trinajstić information content (AvgIpc) is 2.57. The van der Waals surface area contributed by atoms with Crippen LogP contribution in [0, 0.1) is 0 Å². The minimum absolute atomic E-state index is 0.0117. The van der Waals surface area contributed by atoms with E-state index in [0.29, 0.717) is 17.8 Å². The molecule has 1 aliphatic carbocycles. The molecule has 1 amide bonds. The maximum Gasteiger partial charge on any atom is 0.253 e. The fourth-order valence-electron chi connectivity index (χ4n) is 2.32. The van der Waals surface area contributed by atoms with Crippen molar-refractivity contribution < 1.29 is 9.63 Å². The Morgan fingerprint density at radius 2 is 2.06 bits per heavy atom. The van der Waals surface area contributed by atoms with Crippen LogP contribution in [0.25, 0.3) is 0 Å². The Morgan fingerprint density at radius 1 is 1.31 bits per heavy atom. The lowest BCUT2D eigenvalue weighted by molar-refractivity contribution is -0.120. The lowest BCUT2D eigenvalue weighted by Gasteiger charge is -2.35. The smallest absolute Gasteiger partial charge is 0.253 e. The van der Waals surface area contributed by atoms with Crippen LogP contribution >= 0.6 is 0 Å². The molecule has 3 rings (SSSR count). The Hall–Kier alpha value is -1.55. The number of anilines is 2. The van der Waals surface area contributed by atoms with Crippen molar-refractivity contribution >= 4 is 17.3 Å². The predicted octanol–water partition coefficient (Wildman–Crippen LogP) is 1.86. The summed E-state index contributed by atoms with van der Waals surface area (Å²) in [4.78, 5) is 17.6. The van der Waals surface area contributed by atoms with Crippen LogP contribution in [0.15, 0.2) is 24.3 Å². The molecular weight excluding hydrogens is 204 g/mol. The SMILES string of the molecule is Nc1ccccc1N1OC2(CCC2)CC1=O. The van der Waals surface area contributed by atoms with Gasteiger partial charge in [-0.3, -0.25) is 9.63 Å². The molecule has 2 N–H and O–H groups in total. The zero-order chi connectivity index (χ0) is 11.2. The highest BCUT2D eigenvalue weighted by Crippen LogP contribution is 2.45. The number of carbonyl (C=O) groups excluding carboxylic acids is 1. The first-order valence-electron chi connectivity index (χ1n) is 5.57. The number of hydrogen-bond donors (Lipinski definition) is 1. The third kappa shape index (κ3) is 1.30. The molecule has 4 nitrogen and oxygen atoms in total. The number of rotatable bonds is 1. The third-order valence-electron chi connectivity index (χ3n) is 3.41. The van der Waals surface area contributed by atoms with Gasteiger partial charge in [-0.1, -0.05) is 12.1 Å². The van der Waals surface area contributed by atoms with Crippen molar-refractivity contribution in [2.24, 2.45) is 0 Å². The zero-order valence-electron chi connectivity index (χ0n) is 8.98. The van der Waals surface area contributed by atoms with Crippen LogP contribution in [0.3, 0.4) is 0 Å². The van der Waals surface area contributed by atoms with Gasteiger partial charge in [0.1, 0.15) is 5.60 Å². The van der Waals surface area contributed by atoms with E-state index in [0.717, 1.165) is 19.3 Å². The molecule has 16 heavy (non-hydrogen) atoms. The van der Waals surface area contributed by atoms with Crippen molar-refractivity contribution in [1.82, 2.24) is 0 Å². The van der Waals surface area contributed by atoms with Gasteiger partial charge in [0, 0.05) is 0 Å². The molecule has 1 aliphatic heterocycles. The van der Waals surface area contributed by atoms with Gasteiger partial charge in [0.25, 0.3) is 5.91 Å². The molecule has 1 spiro atoms. The Labute approximate surface area is 93.9 Å². The van der Waals surface area contributed by atoms with Crippen LogP contribution in [0.1, 0.15) is 25.7 Å². The van der Waals surface area contributed by atoms with Crippen molar-refractivity contribution in [3.63, 3.8) is 0 Å². The number of benzene rings is 1. The highest BCUT2D eigenvalue weighted by molar-refractivity contribution is 5.96. The number of nitrogen functional groups attached to an aromatic ring is 1.